The quantitative estimate of drug-likeness (QED) is 0.767. The van der Waals surface area contributed by atoms with E-state index < -0.39 is 14.6 Å². The van der Waals surface area contributed by atoms with Gasteiger partial charge in [-0.15, -0.1) is 0 Å². The third-order valence-electron chi connectivity index (χ3n) is 5.10. The average molecular weight is 344 g/mol. The fourth-order valence-electron chi connectivity index (χ4n) is 3.68. The molecular weight excluding hydrogens is 316 g/mol. The molecule has 0 aromatic rings. The van der Waals surface area contributed by atoms with Crippen molar-refractivity contribution >= 4 is 21.7 Å². The normalized spacial score (nSPS) is 22.3. The molecule has 132 valence electrons. The van der Waals surface area contributed by atoms with Crippen molar-refractivity contribution < 1.29 is 18.0 Å². The third kappa shape index (κ3) is 3.54. The lowest BCUT2D eigenvalue weighted by atomic mass is 10.1. The monoisotopic (exact) mass is 344 g/mol. The van der Waals surface area contributed by atoms with Crippen molar-refractivity contribution in [1.29, 1.82) is 0 Å². The molecule has 2 rings (SSSR count). The summed E-state index contributed by atoms with van der Waals surface area (Å²) in [6.45, 7) is 5.81. The Bertz CT molecular complexity index is 565. The molecule has 0 N–H and O–H groups in total. The van der Waals surface area contributed by atoms with Crippen molar-refractivity contribution in [3.05, 3.63) is 0 Å². The number of amides is 2. The Hall–Kier alpha value is -1.11. The Kier molecular flexibility index (Phi) is 5.38. The van der Waals surface area contributed by atoms with Gasteiger partial charge in [0, 0.05) is 38.4 Å². The van der Waals surface area contributed by atoms with E-state index in [0.29, 0.717) is 45.4 Å². The highest BCUT2D eigenvalue weighted by molar-refractivity contribution is 7.92. The Morgan fingerprint density at radius 3 is 1.96 bits per heavy atom. The van der Waals surface area contributed by atoms with Crippen LogP contribution in [0.4, 0.5) is 0 Å². The molecule has 1 saturated heterocycles. The van der Waals surface area contributed by atoms with Crippen LogP contribution in [0.3, 0.4) is 0 Å². The highest BCUT2D eigenvalue weighted by Gasteiger charge is 2.51. The molecule has 1 aliphatic carbocycles. The third-order valence-corrected chi connectivity index (χ3v) is 7.10. The standard InChI is InChI=1S/C16H28N2O4S/c1-13(2)14(19)17-9-6-10-18(12-11-17)15(20)16(23(3,21)22)7-4-5-8-16/h13H,4-12H2,1-3H3. The van der Waals surface area contributed by atoms with Crippen LogP contribution >= 0.6 is 0 Å². The largest absolute Gasteiger partial charge is 0.341 e. The van der Waals surface area contributed by atoms with Crippen LogP contribution in [0.1, 0.15) is 46.0 Å². The van der Waals surface area contributed by atoms with E-state index in [0.717, 1.165) is 12.8 Å². The van der Waals surface area contributed by atoms with Gasteiger partial charge < -0.3 is 9.80 Å². The SMILES string of the molecule is CC(C)C(=O)N1CCCN(C(=O)C2(S(C)(=O)=O)CCCC2)CC1. The summed E-state index contributed by atoms with van der Waals surface area (Å²) >= 11 is 0. The van der Waals surface area contributed by atoms with E-state index in [4.69, 9.17) is 0 Å². The first-order valence-corrected chi connectivity index (χ1v) is 10.4. The Morgan fingerprint density at radius 1 is 0.913 bits per heavy atom. The topological polar surface area (TPSA) is 74.8 Å². The molecule has 2 fully saturated rings. The van der Waals surface area contributed by atoms with Gasteiger partial charge in [0.1, 0.15) is 0 Å². The molecule has 7 heteroatoms. The van der Waals surface area contributed by atoms with Crippen LogP contribution in [0.2, 0.25) is 0 Å². The zero-order valence-corrected chi connectivity index (χ0v) is 15.2. The van der Waals surface area contributed by atoms with Crippen LogP contribution < -0.4 is 0 Å². The summed E-state index contributed by atoms with van der Waals surface area (Å²) in [5, 5.41) is 0. The van der Waals surface area contributed by atoms with Crippen LogP contribution in [-0.4, -0.2) is 67.2 Å². The molecule has 6 nitrogen and oxygen atoms in total. The predicted octanol–water partition coefficient (Wildman–Crippen LogP) is 1.06. The molecule has 23 heavy (non-hydrogen) atoms. The van der Waals surface area contributed by atoms with Gasteiger partial charge in [0.25, 0.3) is 0 Å². The average Bonchev–Trinajstić information content (AvgIpc) is 2.85. The molecule has 0 unspecified atom stereocenters. The smallest absolute Gasteiger partial charge is 0.244 e. The molecule has 0 radical (unpaired) electrons. The summed E-state index contributed by atoms with van der Waals surface area (Å²) in [6.07, 6.45) is 4.30. The maximum atomic E-state index is 13.0. The van der Waals surface area contributed by atoms with E-state index in [1.54, 1.807) is 9.80 Å². The van der Waals surface area contributed by atoms with Gasteiger partial charge >= 0.3 is 0 Å². The zero-order valence-electron chi connectivity index (χ0n) is 14.4. The minimum absolute atomic E-state index is 0.0607. The molecule has 1 aliphatic heterocycles. The van der Waals surface area contributed by atoms with Crippen LogP contribution in [-0.2, 0) is 19.4 Å². The van der Waals surface area contributed by atoms with E-state index in [9.17, 15) is 18.0 Å². The fourth-order valence-corrected chi connectivity index (χ4v) is 5.16. The van der Waals surface area contributed by atoms with Gasteiger partial charge in [-0.2, -0.15) is 0 Å². The van der Waals surface area contributed by atoms with Crippen molar-refractivity contribution in [1.82, 2.24) is 9.80 Å². The van der Waals surface area contributed by atoms with Crippen LogP contribution in [0.5, 0.6) is 0 Å². The first kappa shape index (κ1) is 18.2. The first-order chi connectivity index (χ1) is 10.7. The second kappa shape index (κ2) is 6.79. The van der Waals surface area contributed by atoms with Gasteiger partial charge in [-0.3, -0.25) is 9.59 Å². The molecule has 0 atom stereocenters. The van der Waals surface area contributed by atoms with Gasteiger partial charge in [-0.25, -0.2) is 8.42 Å². The van der Waals surface area contributed by atoms with E-state index in [2.05, 4.69) is 0 Å². The van der Waals surface area contributed by atoms with Gasteiger partial charge in [-0.05, 0) is 19.3 Å². The number of carbonyl (C=O) groups is 2. The summed E-state index contributed by atoms with van der Waals surface area (Å²) in [5.41, 5.74) is 0. The number of rotatable bonds is 3. The summed E-state index contributed by atoms with van der Waals surface area (Å²) in [7, 11) is -3.44. The van der Waals surface area contributed by atoms with Gasteiger partial charge in [-0.1, -0.05) is 26.7 Å². The van der Waals surface area contributed by atoms with E-state index in [-0.39, 0.29) is 17.7 Å². The van der Waals surface area contributed by atoms with Crippen molar-refractivity contribution in [2.75, 3.05) is 32.4 Å². The molecule has 0 aromatic carbocycles. The molecule has 2 aliphatic rings. The minimum atomic E-state index is -3.44. The highest BCUT2D eigenvalue weighted by Crippen LogP contribution is 2.38. The number of hydrogen-bond acceptors (Lipinski definition) is 4. The molecule has 1 heterocycles. The van der Waals surface area contributed by atoms with Gasteiger partial charge in [0.2, 0.25) is 11.8 Å². The van der Waals surface area contributed by atoms with E-state index in [1.165, 1.54) is 6.26 Å². The lowest BCUT2D eigenvalue weighted by molar-refractivity contribution is -0.136. The summed E-state index contributed by atoms with van der Waals surface area (Å²) in [6, 6.07) is 0. The molecule has 1 saturated carbocycles. The summed E-state index contributed by atoms with van der Waals surface area (Å²) < 4.78 is 23.3. The van der Waals surface area contributed by atoms with Crippen molar-refractivity contribution in [3.63, 3.8) is 0 Å². The van der Waals surface area contributed by atoms with E-state index in [1.807, 2.05) is 13.8 Å². The van der Waals surface area contributed by atoms with Crippen molar-refractivity contribution in [2.24, 2.45) is 5.92 Å². The van der Waals surface area contributed by atoms with E-state index >= 15 is 0 Å². The van der Waals surface area contributed by atoms with Crippen LogP contribution in [0.25, 0.3) is 0 Å². The lowest BCUT2D eigenvalue weighted by Crippen LogP contribution is -2.53. The highest BCUT2D eigenvalue weighted by atomic mass is 32.2. The lowest BCUT2D eigenvalue weighted by Gasteiger charge is -2.32. The first-order valence-electron chi connectivity index (χ1n) is 8.47. The second-order valence-electron chi connectivity index (χ2n) is 7.10. The zero-order chi connectivity index (χ0) is 17.3. The number of carbonyl (C=O) groups excluding carboxylic acids is 2. The Labute approximate surface area is 139 Å². The Balaban J connectivity index is 2.13. The minimum Gasteiger partial charge on any atom is -0.341 e. The van der Waals surface area contributed by atoms with Crippen LogP contribution in [0.15, 0.2) is 0 Å². The fraction of sp³-hybridized carbons (Fsp3) is 0.875. The molecule has 0 aromatic heterocycles. The molecule has 2 amide bonds. The predicted molar refractivity (Wildman–Crippen MR) is 88.7 cm³/mol. The second-order valence-corrected chi connectivity index (χ2v) is 9.43. The number of nitrogens with zero attached hydrogens (tertiary/aromatic N) is 2. The van der Waals surface area contributed by atoms with Gasteiger partial charge in [0.05, 0.1) is 0 Å². The Morgan fingerprint density at radius 2 is 1.43 bits per heavy atom. The van der Waals surface area contributed by atoms with Crippen LogP contribution in [0, 0.1) is 5.92 Å². The van der Waals surface area contributed by atoms with Gasteiger partial charge in [0.15, 0.2) is 14.6 Å². The summed E-state index contributed by atoms with van der Waals surface area (Å²) in [4.78, 5) is 28.6. The summed E-state index contributed by atoms with van der Waals surface area (Å²) in [5.74, 6) is -0.219. The maximum absolute atomic E-state index is 13.0. The molecular formula is C16H28N2O4S. The van der Waals surface area contributed by atoms with Crippen molar-refractivity contribution in [2.45, 2.75) is 50.7 Å². The number of sulfone groups is 1. The molecule has 0 bridgehead atoms. The van der Waals surface area contributed by atoms with Crippen molar-refractivity contribution in [3.8, 4) is 0 Å². The number of hydrogen-bond donors (Lipinski definition) is 0. The maximum Gasteiger partial charge on any atom is 0.244 e. The molecule has 0 spiro atoms.